The molecule has 0 aliphatic heterocycles. The lowest BCUT2D eigenvalue weighted by molar-refractivity contribution is -0.109. The van der Waals surface area contributed by atoms with Gasteiger partial charge >= 0.3 is 7.82 Å². The van der Waals surface area contributed by atoms with Crippen LogP contribution in [0.1, 0.15) is 11.6 Å². The number of hydrogen-bond acceptors (Lipinski definition) is 5. The Morgan fingerprint density at radius 1 is 1.24 bits per heavy atom. The number of hydrogen-bond donors (Lipinski definition) is 4. The summed E-state index contributed by atoms with van der Waals surface area (Å²) >= 11 is 0. The number of phosphoric ester groups is 1. The van der Waals surface area contributed by atoms with Gasteiger partial charge < -0.3 is 20.8 Å². The van der Waals surface area contributed by atoms with E-state index in [0.717, 1.165) is 0 Å². The second kappa shape index (κ2) is 5.39. The number of rotatable bonds is 5. The van der Waals surface area contributed by atoms with Gasteiger partial charge in [0.1, 0.15) is 12.0 Å². The third kappa shape index (κ3) is 4.26. The maximum absolute atomic E-state index is 10.6. The first-order valence-electron chi connectivity index (χ1n) is 4.65. The highest BCUT2D eigenvalue weighted by molar-refractivity contribution is 7.46. The van der Waals surface area contributed by atoms with E-state index in [1.165, 1.54) is 24.3 Å². The molecule has 1 aromatic carbocycles. The summed E-state index contributed by atoms with van der Waals surface area (Å²) in [4.78, 5) is 27.6. The van der Waals surface area contributed by atoms with Crippen LogP contribution < -0.4 is 16.0 Å². The second-order valence-electron chi connectivity index (χ2n) is 3.39. The molecule has 0 spiro atoms. The van der Waals surface area contributed by atoms with Gasteiger partial charge in [-0.3, -0.25) is 9.79 Å². The number of carbonyl (C=O) groups excluding carboxylic acids is 1. The van der Waals surface area contributed by atoms with E-state index in [2.05, 4.69) is 4.52 Å². The molecule has 0 amide bonds. The smallest absolute Gasteiger partial charge is 0.404 e. The van der Waals surface area contributed by atoms with Crippen molar-refractivity contribution in [3.63, 3.8) is 0 Å². The molecule has 17 heavy (non-hydrogen) atoms. The molecule has 7 nitrogen and oxygen atoms in total. The number of phosphoric acid groups is 1. The molecule has 0 aliphatic rings. The summed E-state index contributed by atoms with van der Waals surface area (Å²) in [7, 11) is -4.56. The van der Waals surface area contributed by atoms with E-state index in [1.807, 2.05) is 0 Å². The van der Waals surface area contributed by atoms with E-state index in [4.69, 9.17) is 21.3 Å². The predicted octanol–water partition coefficient (Wildman–Crippen LogP) is -0.316. The van der Waals surface area contributed by atoms with Crippen molar-refractivity contribution >= 4 is 14.1 Å². The molecule has 0 heterocycles. The van der Waals surface area contributed by atoms with E-state index in [0.29, 0.717) is 11.8 Å². The van der Waals surface area contributed by atoms with Crippen molar-refractivity contribution in [1.82, 2.24) is 0 Å². The van der Waals surface area contributed by atoms with Gasteiger partial charge in [0.25, 0.3) is 0 Å². The van der Waals surface area contributed by atoms with Gasteiger partial charge in [0.15, 0.2) is 0 Å². The van der Waals surface area contributed by atoms with Crippen LogP contribution in [0.25, 0.3) is 0 Å². The zero-order valence-corrected chi connectivity index (χ0v) is 9.66. The normalized spacial score (nSPS) is 15.1. The Hall–Kier alpha value is -1.24. The topological polar surface area (TPSA) is 136 Å². The molecule has 0 fully saturated rings. The highest BCUT2D eigenvalue weighted by atomic mass is 31.2. The van der Waals surface area contributed by atoms with E-state index < -0.39 is 19.9 Å². The van der Waals surface area contributed by atoms with Crippen LogP contribution in [0.3, 0.4) is 0 Å². The predicted molar refractivity (Wildman–Crippen MR) is 60.1 cm³/mol. The van der Waals surface area contributed by atoms with Crippen LogP contribution in [0.15, 0.2) is 24.3 Å². The summed E-state index contributed by atoms with van der Waals surface area (Å²) in [5.74, 6) is 0.00829. The summed E-state index contributed by atoms with van der Waals surface area (Å²) in [5, 5.41) is 0. The van der Waals surface area contributed by atoms with Crippen LogP contribution in [-0.4, -0.2) is 22.1 Å². The lowest BCUT2D eigenvalue weighted by atomic mass is 10.0. The van der Waals surface area contributed by atoms with Crippen molar-refractivity contribution < 1.29 is 23.7 Å². The molecule has 0 aromatic heterocycles. The van der Waals surface area contributed by atoms with Crippen LogP contribution in [0.5, 0.6) is 5.75 Å². The molecule has 1 unspecified atom stereocenters. The van der Waals surface area contributed by atoms with E-state index >= 15 is 0 Å². The summed E-state index contributed by atoms with van der Waals surface area (Å²) in [5.41, 5.74) is 11.7. The van der Waals surface area contributed by atoms with Gasteiger partial charge in [-0.05, 0) is 17.7 Å². The lowest BCUT2D eigenvalue weighted by Crippen LogP contribution is -2.35. The van der Waals surface area contributed by atoms with Crippen molar-refractivity contribution in [2.24, 2.45) is 11.5 Å². The lowest BCUT2D eigenvalue weighted by Gasteiger charge is -2.15. The highest BCUT2D eigenvalue weighted by Gasteiger charge is 2.17. The first-order chi connectivity index (χ1) is 7.83. The first kappa shape index (κ1) is 13.8. The van der Waals surface area contributed by atoms with Crippen molar-refractivity contribution in [3.05, 3.63) is 29.8 Å². The van der Waals surface area contributed by atoms with E-state index in [-0.39, 0.29) is 5.75 Å². The molecule has 2 atom stereocenters. The van der Waals surface area contributed by atoms with E-state index in [9.17, 15) is 9.36 Å². The fourth-order valence-corrected chi connectivity index (χ4v) is 1.59. The van der Waals surface area contributed by atoms with Crippen molar-refractivity contribution in [2.45, 2.75) is 12.1 Å². The van der Waals surface area contributed by atoms with Crippen molar-refractivity contribution in [2.75, 3.05) is 0 Å². The van der Waals surface area contributed by atoms with Crippen molar-refractivity contribution in [1.29, 1.82) is 0 Å². The molecule has 6 N–H and O–H groups in total. The molecular weight excluding hydrogens is 247 g/mol. The molecule has 0 saturated heterocycles. The molecule has 8 heteroatoms. The first-order valence-corrected chi connectivity index (χ1v) is 6.18. The molecule has 0 saturated carbocycles. The van der Waals surface area contributed by atoms with Gasteiger partial charge in [-0.2, -0.15) is 0 Å². The molecule has 0 bridgehead atoms. The van der Waals surface area contributed by atoms with Crippen LogP contribution in [-0.2, 0) is 9.36 Å². The summed E-state index contributed by atoms with van der Waals surface area (Å²) < 4.78 is 14.9. The molecule has 1 rings (SSSR count). The zero-order valence-electron chi connectivity index (χ0n) is 8.76. The summed E-state index contributed by atoms with van der Waals surface area (Å²) in [6.07, 6.45) is 0.532. The minimum atomic E-state index is -4.56. The molecular formula is C9H13N2O5P. The van der Waals surface area contributed by atoms with Gasteiger partial charge in [0.05, 0.1) is 12.1 Å². The Morgan fingerprint density at radius 2 is 1.76 bits per heavy atom. The van der Waals surface area contributed by atoms with Crippen LogP contribution in [0.4, 0.5) is 0 Å². The summed E-state index contributed by atoms with van der Waals surface area (Å²) in [6.45, 7) is 0. The minimum Gasteiger partial charge on any atom is -0.404 e. The second-order valence-corrected chi connectivity index (χ2v) is 4.55. The molecule has 94 valence electrons. The van der Waals surface area contributed by atoms with Crippen LogP contribution in [0.2, 0.25) is 0 Å². The van der Waals surface area contributed by atoms with Gasteiger partial charge in [0, 0.05) is 0 Å². The van der Waals surface area contributed by atoms with Crippen LogP contribution in [0, 0.1) is 0 Å². The van der Waals surface area contributed by atoms with Crippen LogP contribution >= 0.6 is 7.82 Å². The standard InChI is InChI=1S/C9H13N2O5P/c10-8(5-12)9(11)6-1-3-7(4-2-6)16-17(13,14)15/h1-5,8-9H,10-11H2,(H2,13,14,15)/t8-,9?/m1/s1. The van der Waals surface area contributed by atoms with Crippen molar-refractivity contribution in [3.8, 4) is 5.75 Å². The number of benzene rings is 1. The maximum Gasteiger partial charge on any atom is 0.524 e. The minimum absolute atomic E-state index is 0.00829. The van der Waals surface area contributed by atoms with Gasteiger partial charge in [-0.15, -0.1) is 0 Å². The zero-order chi connectivity index (χ0) is 13.1. The fourth-order valence-electron chi connectivity index (χ4n) is 1.20. The largest absolute Gasteiger partial charge is 0.524 e. The van der Waals surface area contributed by atoms with Gasteiger partial charge in [0.2, 0.25) is 0 Å². The van der Waals surface area contributed by atoms with E-state index in [1.54, 1.807) is 0 Å². The third-order valence-corrected chi connectivity index (χ3v) is 2.51. The Labute approximate surface area is 97.6 Å². The fraction of sp³-hybridized carbons (Fsp3) is 0.222. The quantitative estimate of drug-likeness (QED) is 0.421. The third-order valence-electron chi connectivity index (χ3n) is 2.06. The molecule has 1 aromatic rings. The number of carbonyl (C=O) groups is 1. The Bertz CT molecular complexity index is 430. The Morgan fingerprint density at radius 3 is 2.18 bits per heavy atom. The SMILES string of the molecule is NC(c1ccc(OP(=O)(O)O)cc1)[C@H](N)C=O. The Balaban J connectivity index is 2.81. The highest BCUT2D eigenvalue weighted by Crippen LogP contribution is 2.37. The average molecular weight is 260 g/mol. The summed E-state index contributed by atoms with van der Waals surface area (Å²) in [6, 6.07) is 4.15. The number of nitrogens with two attached hydrogens (primary N) is 2. The average Bonchev–Trinajstić information content (AvgIpc) is 2.26. The number of aldehydes is 1. The monoisotopic (exact) mass is 260 g/mol. The maximum atomic E-state index is 10.6. The molecule has 0 aliphatic carbocycles. The van der Waals surface area contributed by atoms with Gasteiger partial charge in [-0.25, -0.2) is 4.57 Å². The Kier molecular flexibility index (Phi) is 4.39. The molecule has 0 radical (unpaired) electrons. The van der Waals surface area contributed by atoms with Gasteiger partial charge in [-0.1, -0.05) is 12.1 Å².